The molecule has 0 N–H and O–H groups in total. The molecule has 0 fully saturated rings. The molecule has 0 saturated heterocycles. The van der Waals surface area contributed by atoms with Gasteiger partial charge in [-0.3, -0.25) is 0 Å². The zero-order chi connectivity index (χ0) is 19.3. The number of fused-ring (bicyclic) bond motifs is 3. The third-order valence-corrected chi connectivity index (χ3v) is 7.36. The lowest BCUT2D eigenvalue weighted by molar-refractivity contribution is 0.400. The second kappa shape index (κ2) is 9.91. The fraction of sp³-hybridized carbons (Fsp3) is 0.520. The molecular weight excluding hydrogens is 507 g/mol. The lowest BCUT2D eigenvalue weighted by atomic mass is 9.70. The Morgan fingerprint density at radius 3 is 1.89 bits per heavy atom. The van der Waals surface area contributed by atoms with E-state index in [4.69, 9.17) is 0 Å². The second-order valence-corrected chi connectivity index (χ2v) is 10.2. The zero-order valence-electron chi connectivity index (χ0n) is 16.8. The quantitative estimate of drug-likeness (QED) is 0.209. The van der Waals surface area contributed by atoms with Gasteiger partial charge in [0, 0.05) is 13.5 Å². The Bertz CT molecular complexity index is 699. The Kier molecular flexibility index (Phi) is 7.84. The Balaban J connectivity index is 2.03. The van der Waals surface area contributed by atoms with Crippen LogP contribution in [0.4, 0.5) is 0 Å². The molecule has 1 aliphatic carbocycles. The van der Waals surface area contributed by atoms with E-state index in [2.05, 4.69) is 88.8 Å². The SMILES string of the molecule is CCCCCCC1(CCCCCC)c2cc(Br)ccc2-c2ccc(I)cc21. The van der Waals surface area contributed by atoms with Crippen LogP contribution in [0.25, 0.3) is 11.1 Å². The van der Waals surface area contributed by atoms with Gasteiger partial charge in [-0.2, -0.15) is 0 Å². The molecule has 0 atom stereocenters. The normalized spacial score (nSPS) is 14.2. The highest BCUT2D eigenvalue weighted by Gasteiger charge is 2.42. The maximum Gasteiger partial charge on any atom is 0.0216 e. The van der Waals surface area contributed by atoms with Crippen molar-refractivity contribution >= 4 is 38.5 Å². The first-order valence-electron chi connectivity index (χ1n) is 10.7. The minimum Gasteiger partial charge on any atom is -0.0654 e. The summed E-state index contributed by atoms with van der Waals surface area (Å²) in [6.07, 6.45) is 13.3. The number of rotatable bonds is 10. The molecule has 0 unspecified atom stereocenters. The molecule has 27 heavy (non-hydrogen) atoms. The molecule has 0 nitrogen and oxygen atoms in total. The van der Waals surface area contributed by atoms with Gasteiger partial charge in [-0.1, -0.05) is 93.3 Å². The van der Waals surface area contributed by atoms with E-state index in [0.29, 0.717) is 0 Å². The van der Waals surface area contributed by atoms with Gasteiger partial charge >= 0.3 is 0 Å². The monoisotopic (exact) mass is 538 g/mol. The molecule has 0 bridgehead atoms. The standard InChI is InChI=1S/C25H32BrI/c1-3-5-7-9-15-25(16-10-8-6-4-2)23-17-19(26)11-13-21(23)22-14-12-20(27)18-24(22)25/h11-14,17-18H,3-10,15-16H2,1-2H3. The van der Waals surface area contributed by atoms with Crippen LogP contribution in [0, 0.1) is 3.57 Å². The highest BCUT2D eigenvalue weighted by molar-refractivity contribution is 14.1. The molecule has 1 aliphatic rings. The lowest BCUT2D eigenvalue weighted by Crippen LogP contribution is -2.25. The van der Waals surface area contributed by atoms with Crippen molar-refractivity contribution in [1.29, 1.82) is 0 Å². The van der Waals surface area contributed by atoms with Crippen molar-refractivity contribution in [3.05, 3.63) is 55.6 Å². The van der Waals surface area contributed by atoms with Crippen LogP contribution in [0.3, 0.4) is 0 Å². The Morgan fingerprint density at radius 2 is 1.30 bits per heavy atom. The molecule has 2 heteroatoms. The number of hydrogen-bond donors (Lipinski definition) is 0. The Hall–Kier alpha value is -0.350. The van der Waals surface area contributed by atoms with Gasteiger partial charge in [-0.15, -0.1) is 0 Å². The summed E-state index contributed by atoms with van der Waals surface area (Å²) in [5.41, 5.74) is 6.31. The summed E-state index contributed by atoms with van der Waals surface area (Å²) in [5, 5.41) is 0. The van der Waals surface area contributed by atoms with Gasteiger partial charge < -0.3 is 0 Å². The number of benzene rings is 2. The van der Waals surface area contributed by atoms with Gasteiger partial charge in [0.2, 0.25) is 0 Å². The zero-order valence-corrected chi connectivity index (χ0v) is 20.5. The topological polar surface area (TPSA) is 0 Å². The first kappa shape index (κ1) is 21.4. The van der Waals surface area contributed by atoms with Crippen molar-refractivity contribution in [2.24, 2.45) is 0 Å². The first-order valence-corrected chi connectivity index (χ1v) is 12.6. The summed E-state index contributed by atoms with van der Waals surface area (Å²) in [6, 6.07) is 14.1. The summed E-state index contributed by atoms with van der Waals surface area (Å²) < 4.78 is 2.58. The van der Waals surface area contributed by atoms with Crippen LogP contribution in [0.5, 0.6) is 0 Å². The fourth-order valence-electron chi connectivity index (χ4n) is 4.81. The van der Waals surface area contributed by atoms with Gasteiger partial charge in [0.05, 0.1) is 0 Å². The third kappa shape index (κ3) is 4.63. The molecule has 0 amide bonds. The molecule has 2 aromatic rings. The van der Waals surface area contributed by atoms with Crippen molar-refractivity contribution in [3.8, 4) is 11.1 Å². The van der Waals surface area contributed by atoms with Crippen LogP contribution in [0.1, 0.15) is 89.2 Å². The molecular formula is C25H32BrI. The van der Waals surface area contributed by atoms with Gasteiger partial charge in [0.15, 0.2) is 0 Å². The highest BCUT2D eigenvalue weighted by atomic mass is 127. The van der Waals surface area contributed by atoms with E-state index in [0.717, 1.165) is 0 Å². The molecule has 146 valence electrons. The molecule has 0 heterocycles. The van der Waals surface area contributed by atoms with E-state index in [1.54, 1.807) is 11.1 Å². The van der Waals surface area contributed by atoms with Gasteiger partial charge in [-0.05, 0) is 82.0 Å². The highest BCUT2D eigenvalue weighted by Crippen LogP contribution is 2.55. The summed E-state index contributed by atoms with van der Waals surface area (Å²) in [7, 11) is 0. The van der Waals surface area contributed by atoms with Gasteiger partial charge in [0.1, 0.15) is 0 Å². The molecule has 0 radical (unpaired) electrons. The van der Waals surface area contributed by atoms with Crippen LogP contribution >= 0.6 is 38.5 Å². The summed E-state index contributed by atoms with van der Waals surface area (Å²) >= 11 is 6.25. The smallest absolute Gasteiger partial charge is 0.0216 e. The Morgan fingerprint density at radius 1 is 0.741 bits per heavy atom. The van der Waals surface area contributed by atoms with Crippen LogP contribution in [-0.2, 0) is 5.41 Å². The van der Waals surface area contributed by atoms with Crippen LogP contribution in [0.15, 0.2) is 40.9 Å². The number of hydrogen-bond acceptors (Lipinski definition) is 0. The third-order valence-electron chi connectivity index (χ3n) is 6.20. The van der Waals surface area contributed by atoms with Crippen molar-refractivity contribution in [2.45, 2.75) is 83.5 Å². The van der Waals surface area contributed by atoms with Crippen molar-refractivity contribution < 1.29 is 0 Å². The van der Waals surface area contributed by atoms with Gasteiger partial charge in [0.25, 0.3) is 0 Å². The molecule has 0 aliphatic heterocycles. The fourth-order valence-corrected chi connectivity index (χ4v) is 5.66. The predicted octanol–water partition coefficient (Wildman–Crippen LogP) is 9.26. The average molecular weight is 539 g/mol. The van der Waals surface area contributed by atoms with E-state index >= 15 is 0 Å². The van der Waals surface area contributed by atoms with Crippen LogP contribution in [0.2, 0.25) is 0 Å². The van der Waals surface area contributed by atoms with Crippen molar-refractivity contribution in [1.82, 2.24) is 0 Å². The number of unbranched alkanes of at least 4 members (excludes halogenated alkanes) is 6. The van der Waals surface area contributed by atoms with E-state index in [-0.39, 0.29) is 5.41 Å². The van der Waals surface area contributed by atoms with Crippen LogP contribution < -0.4 is 0 Å². The maximum absolute atomic E-state index is 3.76. The molecule has 0 saturated carbocycles. The lowest BCUT2D eigenvalue weighted by Gasteiger charge is -2.33. The largest absolute Gasteiger partial charge is 0.0654 e. The van der Waals surface area contributed by atoms with Crippen molar-refractivity contribution in [3.63, 3.8) is 0 Å². The predicted molar refractivity (Wildman–Crippen MR) is 131 cm³/mol. The average Bonchev–Trinajstić information content (AvgIpc) is 2.92. The maximum atomic E-state index is 3.76. The van der Waals surface area contributed by atoms with Crippen molar-refractivity contribution in [2.75, 3.05) is 0 Å². The van der Waals surface area contributed by atoms with E-state index in [9.17, 15) is 0 Å². The summed E-state index contributed by atoms with van der Waals surface area (Å²) in [4.78, 5) is 0. The minimum atomic E-state index is 0.205. The molecule has 3 rings (SSSR count). The molecule has 0 aromatic heterocycles. The van der Waals surface area contributed by atoms with E-state index in [1.165, 1.54) is 83.4 Å². The molecule has 2 aromatic carbocycles. The number of halogens is 2. The minimum absolute atomic E-state index is 0.205. The molecule has 0 spiro atoms. The van der Waals surface area contributed by atoms with Gasteiger partial charge in [-0.25, -0.2) is 0 Å². The second-order valence-electron chi connectivity index (χ2n) is 8.08. The first-order chi connectivity index (χ1) is 13.1. The Labute approximate surface area is 187 Å². The summed E-state index contributed by atoms with van der Waals surface area (Å²) in [5.74, 6) is 0. The van der Waals surface area contributed by atoms with E-state index < -0.39 is 0 Å². The van der Waals surface area contributed by atoms with Crippen LogP contribution in [-0.4, -0.2) is 0 Å². The van der Waals surface area contributed by atoms with E-state index in [1.807, 2.05) is 0 Å². The summed E-state index contributed by atoms with van der Waals surface area (Å²) in [6.45, 7) is 4.61.